The summed E-state index contributed by atoms with van der Waals surface area (Å²) in [6, 6.07) is 10.1. The highest BCUT2D eigenvalue weighted by Gasteiger charge is 2.24. The van der Waals surface area contributed by atoms with Crippen LogP contribution >= 0.6 is 0 Å². The van der Waals surface area contributed by atoms with Gasteiger partial charge in [-0.05, 0) is 44.5 Å². The first-order chi connectivity index (χ1) is 12.1. The van der Waals surface area contributed by atoms with Crippen molar-refractivity contribution in [3.05, 3.63) is 53.0 Å². The fourth-order valence-corrected chi connectivity index (χ4v) is 3.24. The summed E-state index contributed by atoms with van der Waals surface area (Å²) in [6.07, 6.45) is 0. The van der Waals surface area contributed by atoms with Gasteiger partial charge in [-0.3, -0.25) is 9.69 Å². The summed E-state index contributed by atoms with van der Waals surface area (Å²) in [7, 11) is 0. The lowest BCUT2D eigenvalue weighted by Crippen LogP contribution is -2.48. The van der Waals surface area contributed by atoms with Gasteiger partial charge in [0.2, 0.25) is 0 Å². The van der Waals surface area contributed by atoms with Gasteiger partial charge >= 0.3 is 0 Å². The van der Waals surface area contributed by atoms with Crippen molar-refractivity contribution < 1.29 is 13.9 Å². The molecular formula is C20H26N2O3. The Morgan fingerprint density at radius 2 is 1.80 bits per heavy atom. The molecule has 5 nitrogen and oxygen atoms in total. The van der Waals surface area contributed by atoms with Crippen LogP contribution in [0.25, 0.3) is 0 Å². The van der Waals surface area contributed by atoms with Crippen molar-refractivity contribution in [2.45, 2.75) is 27.3 Å². The molecule has 1 fully saturated rings. The molecule has 3 rings (SSSR count). The van der Waals surface area contributed by atoms with Gasteiger partial charge in [0, 0.05) is 32.7 Å². The quantitative estimate of drug-likeness (QED) is 0.837. The number of rotatable bonds is 5. The Morgan fingerprint density at radius 1 is 1.12 bits per heavy atom. The van der Waals surface area contributed by atoms with Crippen LogP contribution < -0.4 is 4.74 Å². The zero-order chi connectivity index (χ0) is 17.8. The number of furan rings is 1. The molecule has 25 heavy (non-hydrogen) atoms. The molecule has 1 aliphatic heterocycles. The maximum absolute atomic E-state index is 12.6. The summed E-state index contributed by atoms with van der Waals surface area (Å²) in [6.45, 7) is 10.6. The summed E-state index contributed by atoms with van der Waals surface area (Å²) < 4.78 is 11.0. The number of hydrogen-bond donors (Lipinski definition) is 0. The highest BCUT2D eigenvalue weighted by atomic mass is 16.5. The number of carbonyl (C=O) groups is 1. The molecule has 1 amide bonds. The van der Waals surface area contributed by atoms with Crippen LogP contribution in [0, 0.1) is 13.8 Å². The van der Waals surface area contributed by atoms with E-state index in [1.54, 1.807) is 0 Å². The zero-order valence-corrected chi connectivity index (χ0v) is 15.2. The Kier molecular flexibility index (Phi) is 5.43. The molecule has 0 aliphatic carbocycles. The third-order valence-electron chi connectivity index (χ3n) is 4.57. The van der Waals surface area contributed by atoms with Crippen LogP contribution in [-0.2, 0) is 6.54 Å². The monoisotopic (exact) mass is 342 g/mol. The smallest absolute Gasteiger partial charge is 0.257 e. The summed E-state index contributed by atoms with van der Waals surface area (Å²) in [5.74, 6) is 2.48. The van der Waals surface area contributed by atoms with Gasteiger partial charge in [0.05, 0.1) is 12.2 Å². The molecule has 0 spiro atoms. The number of aryl methyl sites for hydroxylation is 2. The molecule has 0 bridgehead atoms. The first-order valence-corrected chi connectivity index (χ1v) is 8.87. The maximum Gasteiger partial charge on any atom is 0.257 e. The minimum atomic E-state index is 0.0788. The van der Waals surface area contributed by atoms with Crippen LogP contribution in [0.3, 0.4) is 0 Å². The molecule has 1 aromatic carbocycles. The second-order valence-corrected chi connectivity index (χ2v) is 6.47. The van der Waals surface area contributed by atoms with Gasteiger partial charge in [0.25, 0.3) is 5.91 Å². The largest absolute Gasteiger partial charge is 0.494 e. The Bertz CT molecular complexity index is 713. The van der Waals surface area contributed by atoms with E-state index in [9.17, 15) is 4.79 Å². The molecule has 5 heteroatoms. The van der Waals surface area contributed by atoms with Gasteiger partial charge < -0.3 is 14.1 Å². The van der Waals surface area contributed by atoms with Crippen molar-refractivity contribution in [3.8, 4) is 5.75 Å². The van der Waals surface area contributed by atoms with Crippen molar-refractivity contribution in [1.82, 2.24) is 9.80 Å². The predicted molar refractivity (Wildman–Crippen MR) is 97.0 cm³/mol. The van der Waals surface area contributed by atoms with Crippen molar-refractivity contribution >= 4 is 5.91 Å². The third kappa shape index (κ3) is 4.23. The minimum absolute atomic E-state index is 0.0788. The van der Waals surface area contributed by atoms with Crippen LogP contribution in [0.5, 0.6) is 5.75 Å². The van der Waals surface area contributed by atoms with Gasteiger partial charge in [-0.1, -0.05) is 12.1 Å². The maximum atomic E-state index is 12.6. The molecule has 2 heterocycles. The van der Waals surface area contributed by atoms with Gasteiger partial charge in [-0.15, -0.1) is 0 Å². The Labute approximate surface area is 149 Å². The molecule has 0 N–H and O–H groups in total. The fraction of sp³-hybridized carbons (Fsp3) is 0.450. The molecule has 1 aliphatic rings. The Morgan fingerprint density at radius 3 is 2.36 bits per heavy atom. The van der Waals surface area contributed by atoms with E-state index < -0.39 is 0 Å². The van der Waals surface area contributed by atoms with Gasteiger partial charge in [0.15, 0.2) is 0 Å². The number of carbonyl (C=O) groups excluding carboxylic acids is 1. The van der Waals surface area contributed by atoms with E-state index in [0.717, 1.165) is 44.2 Å². The van der Waals surface area contributed by atoms with E-state index in [2.05, 4.69) is 17.0 Å². The van der Waals surface area contributed by atoms with Crippen molar-refractivity contribution in [1.29, 1.82) is 0 Å². The number of ether oxygens (including phenoxy) is 1. The summed E-state index contributed by atoms with van der Waals surface area (Å²) in [4.78, 5) is 16.9. The second-order valence-electron chi connectivity index (χ2n) is 6.47. The van der Waals surface area contributed by atoms with Crippen LogP contribution in [0.1, 0.15) is 34.4 Å². The molecule has 0 atom stereocenters. The molecule has 1 aromatic heterocycles. The molecule has 134 valence electrons. The van der Waals surface area contributed by atoms with Crippen molar-refractivity contribution in [2.75, 3.05) is 32.8 Å². The zero-order valence-electron chi connectivity index (χ0n) is 15.2. The average molecular weight is 342 g/mol. The number of benzene rings is 1. The summed E-state index contributed by atoms with van der Waals surface area (Å²) in [5.41, 5.74) is 1.96. The third-order valence-corrected chi connectivity index (χ3v) is 4.57. The Balaban J connectivity index is 1.53. The molecular weight excluding hydrogens is 316 g/mol. The Hall–Kier alpha value is -2.27. The van der Waals surface area contributed by atoms with Crippen LogP contribution in [0.4, 0.5) is 0 Å². The van der Waals surface area contributed by atoms with Crippen molar-refractivity contribution in [2.24, 2.45) is 0 Å². The topological polar surface area (TPSA) is 45.9 Å². The standard InChI is InChI=1S/C20H26N2O3/c1-4-24-18-7-5-17(6-8-18)14-21-9-11-22(12-10-21)20(23)19-13-15(2)25-16(19)3/h5-8,13H,4,9-12,14H2,1-3H3. The number of nitrogens with zero attached hydrogens (tertiary/aromatic N) is 2. The van der Waals surface area contributed by atoms with E-state index >= 15 is 0 Å². The molecule has 2 aromatic rings. The van der Waals surface area contributed by atoms with Crippen LogP contribution in [0.2, 0.25) is 0 Å². The molecule has 1 saturated heterocycles. The first-order valence-electron chi connectivity index (χ1n) is 8.87. The highest BCUT2D eigenvalue weighted by molar-refractivity contribution is 5.95. The minimum Gasteiger partial charge on any atom is -0.494 e. The lowest BCUT2D eigenvalue weighted by molar-refractivity contribution is 0.0626. The van der Waals surface area contributed by atoms with Gasteiger partial charge in [0.1, 0.15) is 17.3 Å². The summed E-state index contributed by atoms with van der Waals surface area (Å²) >= 11 is 0. The second kappa shape index (κ2) is 7.74. The van der Waals surface area contributed by atoms with Gasteiger partial charge in [-0.2, -0.15) is 0 Å². The van der Waals surface area contributed by atoms with E-state index in [1.165, 1.54) is 5.56 Å². The predicted octanol–water partition coefficient (Wildman–Crippen LogP) is 3.25. The molecule has 0 unspecified atom stereocenters. The van der Waals surface area contributed by atoms with E-state index in [0.29, 0.717) is 17.9 Å². The van der Waals surface area contributed by atoms with Crippen LogP contribution in [-0.4, -0.2) is 48.5 Å². The van der Waals surface area contributed by atoms with Gasteiger partial charge in [-0.25, -0.2) is 0 Å². The lowest BCUT2D eigenvalue weighted by Gasteiger charge is -2.34. The highest BCUT2D eigenvalue weighted by Crippen LogP contribution is 2.18. The summed E-state index contributed by atoms with van der Waals surface area (Å²) in [5, 5.41) is 0. The first kappa shape index (κ1) is 17.5. The van der Waals surface area contributed by atoms with E-state index in [-0.39, 0.29) is 5.91 Å². The fourth-order valence-electron chi connectivity index (χ4n) is 3.24. The molecule has 0 saturated carbocycles. The number of amides is 1. The van der Waals surface area contributed by atoms with Crippen LogP contribution in [0.15, 0.2) is 34.7 Å². The average Bonchev–Trinajstić information content (AvgIpc) is 2.95. The number of piperazine rings is 1. The van der Waals surface area contributed by atoms with E-state index in [4.69, 9.17) is 9.15 Å². The lowest BCUT2D eigenvalue weighted by atomic mass is 10.1. The SMILES string of the molecule is CCOc1ccc(CN2CCN(C(=O)c3cc(C)oc3C)CC2)cc1. The number of hydrogen-bond acceptors (Lipinski definition) is 4. The van der Waals surface area contributed by atoms with E-state index in [1.807, 2.05) is 43.9 Å². The van der Waals surface area contributed by atoms with Crippen molar-refractivity contribution in [3.63, 3.8) is 0 Å². The normalized spacial score (nSPS) is 15.4. The molecule has 0 radical (unpaired) electrons.